The Morgan fingerprint density at radius 1 is 1.29 bits per heavy atom. The second-order valence-corrected chi connectivity index (χ2v) is 5.86. The van der Waals surface area contributed by atoms with E-state index in [0.717, 1.165) is 5.56 Å². The summed E-state index contributed by atoms with van der Waals surface area (Å²) < 4.78 is 0. The zero-order valence-corrected chi connectivity index (χ0v) is 12.5. The van der Waals surface area contributed by atoms with Crippen LogP contribution in [0.1, 0.15) is 44.9 Å². The molecule has 0 saturated heterocycles. The average Bonchev–Trinajstić information content (AvgIpc) is 2.27. The molecule has 0 fully saturated rings. The number of alkyl halides is 1. The molecule has 1 unspecified atom stereocenters. The third-order valence-electron chi connectivity index (χ3n) is 2.78. The molecule has 0 radical (unpaired) electrons. The Balaban J connectivity index is 2.77. The molecule has 0 spiro atoms. The number of hydrogen-bond acceptors (Lipinski definition) is 1. The topological polar surface area (TPSA) is 29.1 Å². The lowest BCUT2D eigenvalue weighted by molar-refractivity contribution is -0.119. The average molecular weight is 298 g/mol. The molecule has 94 valence electrons. The molecule has 0 heterocycles. The molecule has 1 amide bonds. The number of rotatable bonds is 3. The summed E-state index contributed by atoms with van der Waals surface area (Å²) >= 11 is 3.14. The van der Waals surface area contributed by atoms with Crippen molar-refractivity contribution in [1.29, 1.82) is 0 Å². The molecule has 0 aliphatic heterocycles. The quantitative estimate of drug-likeness (QED) is 0.849. The minimum atomic E-state index is 0.0115. The molecule has 1 aromatic carbocycles. The lowest BCUT2D eigenvalue weighted by Crippen LogP contribution is -2.27. The largest absolute Gasteiger partial charge is 0.349 e. The van der Waals surface area contributed by atoms with Crippen molar-refractivity contribution < 1.29 is 4.79 Å². The molecule has 0 saturated carbocycles. The number of carbonyl (C=O) groups is 1. The van der Waals surface area contributed by atoms with Crippen molar-refractivity contribution in [2.24, 2.45) is 0 Å². The summed E-state index contributed by atoms with van der Waals surface area (Å²) in [6, 6.07) is 8.48. The number of halogens is 1. The van der Waals surface area contributed by atoms with Crippen LogP contribution in [-0.4, -0.2) is 11.2 Å². The van der Waals surface area contributed by atoms with Gasteiger partial charge >= 0.3 is 0 Å². The summed E-state index contributed by atoms with van der Waals surface area (Å²) in [6.45, 7) is 8.57. The van der Waals surface area contributed by atoms with Crippen molar-refractivity contribution >= 4 is 21.8 Å². The van der Waals surface area contributed by atoms with Crippen LogP contribution in [0, 0.1) is 0 Å². The molecular weight excluding hydrogens is 278 g/mol. The minimum absolute atomic E-state index is 0.0115. The highest BCUT2D eigenvalue weighted by molar-refractivity contribution is 9.09. The molecule has 1 rings (SSSR count). The molecular formula is C14H20BrNO. The van der Waals surface area contributed by atoms with E-state index in [1.165, 1.54) is 5.56 Å². The summed E-state index contributed by atoms with van der Waals surface area (Å²) in [7, 11) is 0. The van der Waals surface area contributed by atoms with Gasteiger partial charge in [0, 0.05) is 0 Å². The van der Waals surface area contributed by atoms with Gasteiger partial charge in [-0.3, -0.25) is 4.79 Å². The Morgan fingerprint density at radius 3 is 2.24 bits per heavy atom. The van der Waals surface area contributed by atoms with Gasteiger partial charge in [-0.2, -0.15) is 0 Å². The first kappa shape index (κ1) is 14.2. The highest BCUT2D eigenvalue weighted by Crippen LogP contribution is 2.23. The van der Waals surface area contributed by atoms with Crippen molar-refractivity contribution in [3.63, 3.8) is 0 Å². The number of amides is 1. The first-order valence-electron chi connectivity index (χ1n) is 5.80. The Morgan fingerprint density at radius 2 is 1.82 bits per heavy atom. The van der Waals surface area contributed by atoms with Crippen LogP contribution in [0.25, 0.3) is 0 Å². The highest BCUT2D eigenvalue weighted by Gasteiger charge is 2.14. The monoisotopic (exact) mass is 297 g/mol. The molecule has 0 aliphatic rings. The smallest absolute Gasteiger partial charge is 0.231 e. The minimum Gasteiger partial charge on any atom is -0.349 e. The zero-order valence-electron chi connectivity index (χ0n) is 10.9. The maximum absolute atomic E-state index is 11.3. The Kier molecular flexibility index (Phi) is 4.75. The van der Waals surface area contributed by atoms with E-state index in [0.29, 0.717) is 5.33 Å². The summed E-state index contributed by atoms with van der Waals surface area (Å²) in [5.74, 6) is 0.0115. The lowest BCUT2D eigenvalue weighted by atomic mass is 9.86. The first-order valence-corrected chi connectivity index (χ1v) is 6.92. The first-order chi connectivity index (χ1) is 7.84. The van der Waals surface area contributed by atoms with Crippen molar-refractivity contribution in [3.8, 4) is 0 Å². The van der Waals surface area contributed by atoms with E-state index in [2.05, 4.69) is 66.3 Å². The standard InChI is InChI=1S/C14H20BrNO/c1-10(16-13(17)9-15)11-5-7-12(8-6-11)14(2,3)4/h5-8,10H,9H2,1-4H3,(H,16,17). The summed E-state index contributed by atoms with van der Waals surface area (Å²) in [5.41, 5.74) is 2.61. The van der Waals surface area contributed by atoms with Crippen LogP contribution in [0.5, 0.6) is 0 Å². The van der Waals surface area contributed by atoms with Gasteiger partial charge in [0.25, 0.3) is 0 Å². The van der Waals surface area contributed by atoms with Crippen LogP contribution in [0.15, 0.2) is 24.3 Å². The fraction of sp³-hybridized carbons (Fsp3) is 0.500. The van der Waals surface area contributed by atoms with Gasteiger partial charge in [-0.15, -0.1) is 0 Å². The molecule has 17 heavy (non-hydrogen) atoms. The Labute approximate surface area is 112 Å². The predicted octanol–water partition coefficient (Wildman–Crippen LogP) is 3.56. The van der Waals surface area contributed by atoms with Gasteiger partial charge in [0.1, 0.15) is 0 Å². The van der Waals surface area contributed by atoms with Crippen LogP contribution < -0.4 is 5.32 Å². The third kappa shape index (κ3) is 4.15. The van der Waals surface area contributed by atoms with Crippen molar-refractivity contribution in [1.82, 2.24) is 5.32 Å². The Hall–Kier alpha value is -0.830. The van der Waals surface area contributed by atoms with E-state index >= 15 is 0 Å². The fourth-order valence-electron chi connectivity index (χ4n) is 1.64. The van der Waals surface area contributed by atoms with Crippen LogP contribution >= 0.6 is 15.9 Å². The molecule has 0 aliphatic carbocycles. The van der Waals surface area contributed by atoms with Crippen molar-refractivity contribution in [3.05, 3.63) is 35.4 Å². The van der Waals surface area contributed by atoms with E-state index in [1.54, 1.807) is 0 Å². The molecule has 0 aromatic heterocycles. The Bertz CT molecular complexity index is 378. The molecule has 2 nitrogen and oxygen atoms in total. The normalized spacial score (nSPS) is 13.2. The number of nitrogens with one attached hydrogen (secondary N) is 1. The van der Waals surface area contributed by atoms with E-state index < -0.39 is 0 Å². The van der Waals surface area contributed by atoms with E-state index in [1.807, 2.05) is 6.92 Å². The molecule has 1 aromatic rings. The molecule has 3 heteroatoms. The van der Waals surface area contributed by atoms with Crippen LogP contribution in [0.2, 0.25) is 0 Å². The molecule has 1 atom stereocenters. The van der Waals surface area contributed by atoms with Gasteiger partial charge in [0.2, 0.25) is 5.91 Å². The van der Waals surface area contributed by atoms with Crippen molar-refractivity contribution in [2.45, 2.75) is 39.2 Å². The van der Waals surface area contributed by atoms with Crippen LogP contribution in [0.4, 0.5) is 0 Å². The van der Waals surface area contributed by atoms with Gasteiger partial charge in [0.05, 0.1) is 11.4 Å². The molecule has 0 bridgehead atoms. The maximum atomic E-state index is 11.3. The zero-order chi connectivity index (χ0) is 13.1. The lowest BCUT2D eigenvalue weighted by Gasteiger charge is -2.20. The number of hydrogen-bond donors (Lipinski definition) is 1. The fourth-order valence-corrected chi connectivity index (χ4v) is 1.80. The number of carbonyl (C=O) groups excluding carboxylic acids is 1. The van der Waals surface area contributed by atoms with Crippen molar-refractivity contribution in [2.75, 3.05) is 5.33 Å². The van der Waals surface area contributed by atoms with E-state index in [9.17, 15) is 4.79 Å². The van der Waals surface area contributed by atoms with Gasteiger partial charge in [-0.1, -0.05) is 61.0 Å². The summed E-state index contributed by atoms with van der Waals surface area (Å²) in [5, 5.41) is 3.26. The highest BCUT2D eigenvalue weighted by atomic mass is 79.9. The maximum Gasteiger partial charge on any atom is 0.231 e. The summed E-state index contributed by atoms with van der Waals surface area (Å²) in [4.78, 5) is 11.3. The second-order valence-electron chi connectivity index (χ2n) is 5.29. The van der Waals surface area contributed by atoms with Gasteiger partial charge in [0.15, 0.2) is 0 Å². The van der Waals surface area contributed by atoms with Crippen LogP contribution in [0.3, 0.4) is 0 Å². The second kappa shape index (κ2) is 5.67. The molecule has 1 N–H and O–H groups in total. The number of benzene rings is 1. The van der Waals surface area contributed by atoms with Crippen LogP contribution in [-0.2, 0) is 10.2 Å². The van der Waals surface area contributed by atoms with E-state index in [4.69, 9.17) is 0 Å². The van der Waals surface area contributed by atoms with E-state index in [-0.39, 0.29) is 17.4 Å². The van der Waals surface area contributed by atoms with Gasteiger partial charge in [-0.05, 0) is 23.5 Å². The van der Waals surface area contributed by atoms with Gasteiger partial charge < -0.3 is 5.32 Å². The van der Waals surface area contributed by atoms with Gasteiger partial charge in [-0.25, -0.2) is 0 Å². The predicted molar refractivity (Wildman–Crippen MR) is 75.5 cm³/mol. The summed E-state index contributed by atoms with van der Waals surface area (Å²) in [6.07, 6.45) is 0. The third-order valence-corrected chi connectivity index (χ3v) is 3.28. The SMILES string of the molecule is CC(NC(=O)CBr)c1ccc(C(C)(C)C)cc1.